The number of furan rings is 1. The molecule has 0 unspecified atom stereocenters. The van der Waals surface area contributed by atoms with Crippen LogP contribution in [0.3, 0.4) is 0 Å². The summed E-state index contributed by atoms with van der Waals surface area (Å²) in [6.07, 6.45) is 0. The maximum absolute atomic E-state index is 6.06. The maximum Gasteiger partial charge on any atom is 0.232 e. The molecule has 0 saturated heterocycles. The average molecular weight is 407 g/mol. The van der Waals surface area contributed by atoms with Crippen LogP contribution in [0.4, 0.5) is 5.95 Å². The van der Waals surface area contributed by atoms with Crippen LogP contribution >= 0.6 is 11.3 Å². The zero-order valence-corrected chi connectivity index (χ0v) is 17.1. The van der Waals surface area contributed by atoms with Crippen LogP contribution in [0, 0.1) is 0 Å². The first-order chi connectivity index (χ1) is 14.7. The molecule has 4 nitrogen and oxygen atoms in total. The van der Waals surface area contributed by atoms with Gasteiger partial charge in [-0.2, -0.15) is 4.98 Å². The van der Waals surface area contributed by atoms with Gasteiger partial charge in [-0.3, -0.25) is 0 Å². The molecular formula is C25H17N3OS. The zero-order valence-electron chi connectivity index (χ0n) is 16.3. The van der Waals surface area contributed by atoms with Gasteiger partial charge in [-0.15, -0.1) is 11.3 Å². The van der Waals surface area contributed by atoms with E-state index in [1.54, 1.807) is 0 Å². The topological polar surface area (TPSA) is 51.0 Å². The van der Waals surface area contributed by atoms with Gasteiger partial charge in [0, 0.05) is 36.8 Å². The molecule has 30 heavy (non-hydrogen) atoms. The number of para-hydroxylation sites is 1. The monoisotopic (exact) mass is 407 g/mol. The van der Waals surface area contributed by atoms with Gasteiger partial charge in [0.1, 0.15) is 5.58 Å². The van der Waals surface area contributed by atoms with E-state index >= 15 is 0 Å². The van der Waals surface area contributed by atoms with Crippen LogP contribution in [0.5, 0.6) is 0 Å². The Morgan fingerprint density at radius 1 is 0.900 bits per heavy atom. The van der Waals surface area contributed by atoms with Gasteiger partial charge >= 0.3 is 0 Å². The van der Waals surface area contributed by atoms with Gasteiger partial charge in [0.2, 0.25) is 11.7 Å². The molecule has 0 atom stereocenters. The fraction of sp³-hybridized carbons (Fsp3) is 0.0400. The van der Waals surface area contributed by atoms with Crippen molar-refractivity contribution in [1.29, 1.82) is 0 Å². The fourth-order valence-electron chi connectivity index (χ4n) is 3.95. The summed E-state index contributed by atoms with van der Waals surface area (Å²) in [6, 6.07) is 23.0. The number of thiophene rings is 1. The number of hydrogen-bond acceptors (Lipinski definition) is 5. The molecule has 3 aromatic heterocycles. The second kappa shape index (κ2) is 6.40. The molecule has 0 aliphatic carbocycles. The number of fused-ring (bicyclic) bond motifs is 6. The summed E-state index contributed by atoms with van der Waals surface area (Å²) in [6.45, 7) is 5.81. The molecule has 0 bridgehead atoms. The molecule has 0 spiro atoms. The summed E-state index contributed by atoms with van der Waals surface area (Å²) in [5, 5.41) is 7.58. The molecule has 0 amide bonds. The first kappa shape index (κ1) is 17.2. The smallest absolute Gasteiger partial charge is 0.232 e. The standard InChI is InChI=1S/C25H17N3OS/c1-14(2)26-25-27-23(22-17-8-3-5-9-19(17)29-24(22)28-25)15-11-12-21-18(13-15)16-7-4-6-10-20(16)30-21/h3-13H,1H2,2H3,(H,26,27,28). The molecule has 0 aliphatic rings. The van der Waals surface area contributed by atoms with Crippen LogP contribution in [0.15, 0.2) is 83.4 Å². The molecule has 3 heterocycles. The highest BCUT2D eigenvalue weighted by atomic mass is 32.1. The molecule has 0 saturated carbocycles. The number of nitrogens with zero attached hydrogens (tertiary/aromatic N) is 2. The molecule has 5 heteroatoms. The molecule has 0 aliphatic heterocycles. The van der Waals surface area contributed by atoms with E-state index in [4.69, 9.17) is 9.40 Å². The van der Waals surface area contributed by atoms with E-state index in [0.717, 1.165) is 33.3 Å². The highest BCUT2D eigenvalue weighted by molar-refractivity contribution is 7.25. The van der Waals surface area contributed by atoms with Crippen LogP contribution in [-0.2, 0) is 0 Å². The Kier molecular flexibility index (Phi) is 3.67. The quantitative estimate of drug-likeness (QED) is 0.333. The van der Waals surface area contributed by atoms with E-state index in [-0.39, 0.29) is 0 Å². The molecule has 6 aromatic rings. The first-order valence-corrected chi connectivity index (χ1v) is 10.5. The number of aromatic nitrogens is 2. The lowest BCUT2D eigenvalue weighted by Crippen LogP contribution is -2.01. The van der Waals surface area contributed by atoms with Crippen LogP contribution in [0.1, 0.15) is 6.92 Å². The van der Waals surface area contributed by atoms with Crippen LogP contribution in [0.25, 0.3) is 53.5 Å². The largest absolute Gasteiger partial charge is 0.437 e. The molecule has 0 fully saturated rings. The summed E-state index contributed by atoms with van der Waals surface area (Å²) in [5.41, 5.74) is 4.04. The van der Waals surface area contributed by atoms with Gasteiger partial charge in [-0.25, -0.2) is 4.98 Å². The van der Waals surface area contributed by atoms with E-state index in [1.807, 2.05) is 36.5 Å². The van der Waals surface area contributed by atoms with Crippen molar-refractivity contribution >= 4 is 59.5 Å². The minimum Gasteiger partial charge on any atom is -0.437 e. The molecule has 6 rings (SSSR count). The van der Waals surface area contributed by atoms with E-state index in [1.165, 1.54) is 20.2 Å². The number of hydrogen-bond donors (Lipinski definition) is 1. The van der Waals surface area contributed by atoms with Crippen molar-refractivity contribution in [3.63, 3.8) is 0 Å². The normalized spacial score (nSPS) is 11.6. The Morgan fingerprint density at radius 2 is 1.67 bits per heavy atom. The van der Waals surface area contributed by atoms with Crippen LogP contribution < -0.4 is 5.32 Å². The number of rotatable bonds is 3. The molecule has 0 radical (unpaired) electrons. The Balaban J connectivity index is 1.69. The highest BCUT2D eigenvalue weighted by Crippen LogP contribution is 2.39. The maximum atomic E-state index is 6.06. The highest BCUT2D eigenvalue weighted by Gasteiger charge is 2.18. The van der Waals surface area contributed by atoms with Gasteiger partial charge in [-0.05, 0) is 31.2 Å². The van der Waals surface area contributed by atoms with Crippen LogP contribution in [-0.4, -0.2) is 9.97 Å². The lowest BCUT2D eigenvalue weighted by Gasteiger charge is -2.08. The van der Waals surface area contributed by atoms with Gasteiger partial charge < -0.3 is 9.73 Å². The Bertz CT molecular complexity index is 1610. The van der Waals surface area contributed by atoms with Crippen molar-refractivity contribution in [3.05, 3.63) is 79.0 Å². The summed E-state index contributed by atoms with van der Waals surface area (Å²) < 4.78 is 8.61. The lowest BCUT2D eigenvalue weighted by molar-refractivity contribution is 0.653. The zero-order chi connectivity index (χ0) is 20.2. The van der Waals surface area contributed by atoms with Gasteiger partial charge in [0.25, 0.3) is 0 Å². The van der Waals surface area contributed by atoms with Gasteiger partial charge in [-0.1, -0.05) is 49.0 Å². The van der Waals surface area contributed by atoms with Crippen molar-refractivity contribution in [1.82, 2.24) is 9.97 Å². The van der Waals surface area contributed by atoms with E-state index in [0.29, 0.717) is 11.7 Å². The van der Waals surface area contributed by atoms with Crippen LogP contribution in [0.2, 0.25) is 0 Å². The van der Waals surface area contributed by atoms with Crippen molar-refractivity contribution in [2.24, 2.45) is 0 Å². The third kappa shape index (κ3) is 2.60. The van der Waals surface area contributed by atoms with Crippen molar-refractivity contribution in [2.45, 2.75) is 6.92 Å². The lowest BCUT2D eigenvalue weighted by atomic mass is 10.0. The van der Waals surface area contributed by atoms with Crippen molar-refractivity contribution < 1.29 is 4.42 Å². The van der Waals surface area contributed by atoms with E-state index < -0.39 is 0 Å². The minimum atomic E-state index is 0.485. The molecule has 3 aromatic carbocycles. The van der Waals surface area contributed by atoms with Crippen molar-refractivity contribution in [2.75, 3.05) is 5.32 Å². The Morgan fingerprint density at radius 3 is 2.53 bits per heavy atom. The third-order valence-electron chi connectivity index (χ3n) is 5.21. The minimum absolute atomic E-state index is 0.485. The fourth-order valence-corrected chi connectivity index (χ4v) is 5.04. The van der Waals surface area contributed by atoms with Gasteiger partial charge in [0.15, 0.2) is 0 Å². The van der Waals surface area contributed by atoms with Crippen molar-refractivity contribution in [3.8, 4) is 11.3 Å². The van der Waals surface area contributed by atoms with E-state index in [2.05, 4.69) is 65.4 Å². The molecule has 144 valence electrons. The van der Waals surface area contributed by atoms with Gasteiger partial charge in [0.05, 0.1) is 11.1 Å². The molecular weight excluding hydrogens is 390 g/mol. The second-order valence-corrected chi connectivity index (χ2v) is 8.47. The number of nitrogens with one attached hydrogen (secondary N) is 1. The summed E-state index contributed by atoms with van der Waals surface area (Å²) in [4.78, 5) is 9.46. The first-order valence-electron chi connectivity index (χ1n) is 9.71. The molecule has 1 N–H and O–H groups in total. The predicted molar refractivity (Wildman–Crippen MR) is 126 cm³/mol. The summed E-state index contributed by atoms with van der Waals surface area (Å²) >= 11 is 1.81. The number of anilines is 1. The second-order valence-electron chi connectivity index (χ2n) is 7.39. The third-order valence-corrected chi connectivity index (χ3v) is 6.37. The summed E-state index contributed by atoms with van der Waals surface area (Å²) in [5.74, 6) is 0.485. The Hall–Kier alpha value is -3.70. The average Bonchev–Trinajstić information content (AvgIpc) is 3.30. The number of benzene rings is 3. The van der Waals surface area contributed by atoms with E-state index in [9.17, 15) is 0 Å². The SMILES string of the molecule is C=C(C)Nc1nc(-c2ccc3sc4ccccc4c3c2)c2c(n1)oc1ccccc12. The predicted octanol–water partition coefficient (Wildman–Crippen LogP) is 7.36. The number of allylic oxidation sites excluding steroid dienone is 1. The summed E-state index contributed by atoms with van der Waals surface area (Å²) in [7, 11) is 0. The Labute approximate surface area is 176 Å².